The summed E-state index contributed by atoms with van der Waals surface area (Å²) >= 11 is 0. The average Bonchev–Trinajstić information content (AvgIpc) is 3.10. The molecule has 1 aliphatic carbocycles. The van der Waals surface area contributed by atoms with Crippen LogP contribution >= 0.6 is 0 Å². The van der Waals surface area contributed by atoms with Crippen molar-refractivity contribution in [3.05, 3.63) is 81.4 Å². The molecule has 0 radical (unpaired) electrons. The van der Waals surface area contributed by atoms with E-state index < -0.39 is 0 Å². The highest BCUT2D eigenvalue weighted by Gasteiger charge is 2.38. The highest BCUT2D eigenvalue weighted by molar-refractivity contribution is 5.62. The molecular formula is C20H20N2O2. The molecular weight excluding hydrogens is 300 g/mol. The van der Waals surface area contributed by atoms with Crippen LogP contribution in [0.3, 0.4) is 0 Å². The topological polar surface area (TPSA) is 55.2 Å². The van der Waals surface area contributed by atoms with Gasteiger partial charge in [-0.25, -0.2) is 0 Å². The minimum Gasteiger partial charge on any atom is -0.378 e. The molecule has 1 N–H and O–H groups in total. The minimum absolute atomic E-state index is 0.167. The number of fused-ring (bicyclic) bond motifs is 3. The summed E-state index contributed by atoms with van der Waals surface area (Å²) in [6, 6.07) is 14.2. The largest absolute Gasteiger partial charge is 0.378 e. The van der Waals surface area contributed by atoms with Gasteiger partial charge in [0.25, 0.3) is 5.69 Å². The van der Waals surface area contributed by atoms with E-state index in [1.54, 1.807) is 12.1 Å². The van der Waals surface area contributed by atoms with Gasteiger partial charge in [0, 0.05) is 23.7 Å². The number of nitro groups is 1. The van der Waals surface area contributed by atoms with Gasteiger partial charge in [-0.2, -0.15) is 0 Å². The maximum atomic E-state index is 11.1. The zero-order valence-electron chi connectivity index (χ0n) is 13.6. The van der Waals surface area contributed by atoms with Crippen LogP contribution in [0.5, 0.6) is 0 Å². The fourth-order valence-corrected chi connectivity index (χ4v) is 3.99. The predicted molar refractivity (Wildman–Crippen MR) is 95.3 cm³/mol. The van der Waals surface area contributed by atoms with Crippen molar-refractivity contribution in [2.75, 3.05) is 5.32 Å². The molecule has 122 valence electrons. The summed E-state index contributed by atoms with van der Waals surface area (Å²) in [6.45, 7) is 2.16. The van der Waals surface area contributed by atoms with Gasteiger partial charge in [0.15, 0.2) is 0 Å². The van der Waals surface area contributed by atoms with Crippen LogP contribution in [0.4, 0.5) is 11.4 Å². The lowest BCUT2D eigenvalue weighted by Gasteiger charge is -2.37. The molecule has 1 heterocycles. The maximum Gasteiger partial charge on any atom is 0.269 e. The molecule has 0 saturated carbocycles. The normalized spacial score (nSPS) is 24.1. The number of hydrogen-bond donors (Lipinski definition) is 1. The van der Waals surface area contributed by atoms with E-state index in [-0.39, 0.29) is 22.6 Å². The number of benzene rings is 2. The van der Waals surface area contributed by atoms with Crippen molar-refractivity contribution < 1.29 is 4.92 Å². The van der Waals surface area contributed by atoms with Crippen molar-refractivity contribution in [3.8, 4) is 0 Å². The van der Waals surface area contributed by atoms with Gasteiger partial charge in [0.1, 0.15) is 0 Å². The summed E-state index contributed by atoms with van der Waals surface area (Å²) in [7, 11) is 0. The third-order valence-electron chi connectivity index (χ3n) is 5.30. The Morgan fingerprint density at radius 1 is 1.21 bits per heavy atom. The van der Waals surface area contributed by atoms with E-state index in [9.17, 15) is 10.1 Å². The van der Waals surface area contributed by atoms with Gasteiger partial charge in [-0.05, 0) is 41.5 Å². The predicted octanol–water partition coefficient (Wildman–Crippen LogP) is 4.98. The van der Waals surface area contributed by atoms with E-state index >= 15 is 0 Å². The summed E-state index contributed by atoms with van der Waals surface area (Å²) in [6.07, 6.45) is 6.46. The molecule has 4 rings (SSSR count). The molecule has 2 aromatic carbocycles. The lowest BCUT2D eigenvalue weighted by atomic mass is 9.77. The molecule has 3 atom stereocenters. The summed E-state index contributed by atoms with van der Waals surface area (Å²) in [4.78, 5) is 10.8. The van der Waals surface area contributed by atoms with Gasteiger partial charge in [-0.15, -0.1) is 0 Å². The highest BCUT2D eigenvalue weighted by Crippen LogP contribution is 2.50. The Balaban J connectivity index is 1.73. The third-order valence-corrected chi connectivity index (χ3v) is 5.30. The highest BCUT2D eigenvalue weighted by atomic mass is 16.6. The zero-order chi connectivity index (χ0) is 16.7. The summed E-state index contributed by atoms with van der Waals surface area (Å²) in [5.41, 5.74) is 4.85. The van der Waals surface area contributed by atoms with E-state index in [0.29, 0.717) is 5.92 Å². The summed E-state index contributed by atoms with van der Waals surface area (Å²) < 4.78 is 0. The Hall–Kier alpha value is -2.62. The smallest absolute Gasteiger partial charge is 0.269 e. The Morgan fingerprint density at radius 3 is 2.71 bits per heavy atom. The number of hydrogen-bond acceptors (Lipinski definition) is 3. The Kier molecular flexibility index (Phi) is 3.60. The number of anilines is 1. The van der Waals surface area contributed by atoms with Gasteiger partial charge < -0.3 is 5.32 Å². The van der Waals surface area contributed by atoms with Gasteiger partial charge in [-0.3, -0.25) is 10.1 Å². The van der Waals surface area contributed by atoms with Crippen LogP contribution < -0.4 is 5.32 Å². The molecule has 0 unspecified atom stereocenters. The second-order valence-corrected chi connectivity index (χ2v) is 6.60. The molecule has 0 saturated heterocycles. The molecule has 0 bridgehead atoms. The number of aryl methyl sites for hydroxylation is 1. The number of rotatable bonds is 3. The lowest BCUT2D eigenvalue weighted by Crippen LogP contribution is -2.29. The third kappa shape index (κ3) is 2.39. The Bertz CT molecular complexity index is 811. The number of nitrogens with zero attached hydrogens (tertiary/aromatic N) is 1. The van der Waals surface area contributed by atoms with Crippen LogP contribution in [0.1, 0.15) is 42.0 Å². The summed E-state index contributed by atoms with van der Waals surface area (Å²) in [5, 5.41) is 14.7. The molecule has 0 aromatic heterocycles. The van der Waals surface area contributed by atoms with E-state index in [0.717, 1.165) is 24.1 Å². The van der Waals surface area contributed by atoms with Crippen molar-refractivity contribution in [1.82, 2.24) is 0 Å². The lowest BCUT2D eigenvalue weighted by molar-refractivity contribution is -0.384. The molecule has 2 aromatic rings. The van der Waals surface area contributed by atoms with Crippen molar-refractivity contribution in [1.29, 1.82) is 0 Å². The second-order valence-electron chi connectivity index (χ2n) is 6.60. The van der Waals surface area contributed by atoms with Gasteiger partial charge in [0.2, 0.25) is 0 Å². The standard InChI is InChI=1S/C20H20N2O2/c1-2-13-6-8-14(9-7-13)20-17-5-3-4-16(17)18-12-15(22(23)24)10-11-19(18)21-20/h3-4,6-12,16-17,20-21H,2,5H2,1H3/t16-,17-,20+/m1/s1. The molecule has 4 heteroatoms. The van der Waals surface area contributed by atoms with Crippen LogP contribution in [0.15, 0.2) is 54.6 Å². The number of non-ortho nitro benzene ring substituents is 1. The first kappa shape index (κ1) is 14.9. The fraction of sp³-hybridized carbons (Fsp3) is 0.300. The fourth-order valence-electron chi connectivity index (χ4n) is 3.99. The van der Waals surface area contributed by atoms with E-state index in [2.05, 4.69) is 48.7 Å². The van der Waals surface area contributed by atoms with Crippen LogP contribution in [0.25, 0.3) is 0 Å². The van der Waals surface area contributed by atoms with Crippen molar-refractivity contribution in [2.45, 2.75) is 31.7 Å². The second kappa shape index (κ2) is 5.78. The summed E-state index contributed by atoms with van der Waals surface area (Å²) in [5.74, 6) is 0.656. The van der Waals surface area contributed by atoms with E-state index in [4.69, 9.17) is 0 Å². The molecule has 2 aliphatic rings. The Labute approximate surface area is 141 Å². The Morgan fingerprint density at radius 2 is 2.00 bits per heavy atom. The maximum absolute atomic E-state index is 11.1. The van der Waals surface area contributed by atoms with Crippen molar-refractivity contribution >= 4 is 11.4 Å². The number of nitro benzene ring substituents is 1. The molecule has 24 heavy (non-hydrogen) atoms. The van der Waals surface area contributed by atoms with Gasteiger partial charge >= 0.3 is 0 Å². The van der Waals surface area contributed by atoms with Crippen LogP contribution in [-0.2, 0) is 6.42 Å². The van der Waals surface area contributed by atoms with E-state index in [1.807, 2.05) is 6.07 Å². The monoisotopic (exact) mass is 320 g/mol. The average molecular weight is 320 g/mol. The van der Waals surface area contributed by atoms with Gasteiger partial charge in [0.05, 0.1) is 11.0 Å². The van der Waals surface area contributed by atoms with Crippen LogP contribution in [0.2, 0.25) is 0 Å². The quantitative estimate of drug-likeness (QED) is 0.493. The molecule has 0 fully saturated rings. The molecule has 0 spiro atoms. The van der Waals surface area contributed by atoms with Crippen LogP contribution in [0, 0.1) is 16.0 Å². The molecule has 4 nitrogen and oxygen atoms in total. The molecule has 0 amide bonds. The molecule has 1 aliphatic heterocycles. The van der Waals surface area contributed by atoms with E-state index in [1.165, 1.54) is 11.1 Å². The SMILES string of the molecule is CCc1ccc([C@@H]2Nc3ccc([N+](=O)[O-])cc3[C@@H]3C=CC[C@H]32)cc1. The first-order valence-corrected chi connectivity index (χ1v) is 8.47. The van der Waals surface area contributed by atoms with Crippen molar-refractivity contribution in [3.63, 3.8) is 0 Å². The first-order chi connectivity index (χ1) is 11.7. The number of allylic oxidation sites excluding steroid dienone is 2. The first-order valence-electron chi connectivity index (χ1n) is 8.47. The number of nitrogens with one attached hydrogen (secondary N) is 1. The zero-order valence-corrected chi connectivity index (χ0v) is 13.6. The van der Waals surface area contributed by atoms with Crippen molar-refractivity contribution in [2.24, 2.45) is 5.92 Å². The van der Waals surface area contributed by atoms with Crippen LogP contribution in [-0.4, -0.2) is 4.92 Å². The van der Waals surface area contributed by atoms with Gasteiger partial charge in [-0.1, -0.05) is 43.3 Å². The minimum atomic E-state index is -0.316.